The molecular formula is C15H26N2O. The van der Waals surface area contributed by atoms with Crippen molar-refractivity contribution in [2.75, 3.05) is 19.7 Å². The molecule has 1 aromatic rings. The van der Waals surface area contributed by atoms with E-state index in [1.807, 2.05) is 6.92 Å². The van der Waals surface area contributed by atoms with Gasteiger partial charge in [0.15, 0.2) is 0 Å². The van der Waals surface area contributed by atoms with Crippen molar-refractivity contribution in [2.24, 2.45) is 17.4 Å². The van der Waals surface area contributed by atoms with Crippen LogP contribution >= 0.6 is 0 Å². The summed E-state index contributed by atoms with van der Waals surface area (Å²) in [6, 6.07) is 6.36. The van der Waals surface area contributed by atoms with Gasteiger partial charge in [-0.25, -0.2) is 0 Å². The Labute approximate surface area is 111 Å². The number of aryl methyl sites for hydroxylation is 1. The van der Waals surface area contributed by atoms with Gasteiger partial charge in [-0.15, -0.1) is 0 Å². The van der Waals surface area contributed by atoms with Crippen LogP contribution in [0.5, 0.6) is 5.75 Å². The highest BCUT2D eigenvalue weighted by atomic mass is 16.5. The Morgan fingerprint density at radius 1 is 1.22 bits per heavy atom. The SMILES string of the molecule is CCOc1ccc(C)cc1C(C)CC(CN)CN. The minimum Gasteiger partial charge on any atom is -0.494 e. The summed E-state index contributed by atoms with van der Waals surface area (Å²) >= 11 is 0. The monoisotopic (exact) mass is 250 g/mol. The fraction of sp³-hybridized carbons (Fsp3) is 0.600. The van der Waals surface area contributed by atoms with E-state index in [0.717, 1.165) is 12.2 Å². The van der Waals surface area contributed by atoms with Gasteiger partial charge in [0.25, 0.3) is 0 Å². The zero-order valence-corrected chi connectivity index (χ0v) is 11.8. The number of ether oxygens (including phenoxy) is 1. The van der Waals surface area contributed by atoms with Crippen LogP contribution in [0.3, 0.4) is 0 Å². The fourth-order valence-electron chi connectivity index (χ4n) is 2.26. The van der Waals surface area contributed by atoms with Gasteiger partial charge in [-0.1, -0.05) is 24.6 Å². The van der Waals surface area contributed by atoms with Crippen molar-refractivity contribution in [3.8, 4) is 5.75 Å². The highest BCUT2D eigenvalue weighted by Crippen LogP contribution is 2.31. The Balaban J connectivity index is 2.88. The van der Waals surface area contributed by atoms with E-state index in [9.17, 15) is 0 Å². The van der Waals surface area contributed by atoms with Gasteiger partial charge in [0, 0.05) is 0 Å². The first-order valence-corrected chi connectivity index (χ1v) is 6.75. The largest absolute Gasteiger partial charge is 0.494 e. The Hall–Kier alpha value is -1.06. The van der Waals surface area contributed by atoms with Crippen LogP contribution in [0.25, 0.3) is 0 Å². The number of benzene rings is 1. The van der Waals surface area contributed by atoms with Crippen LogP contribution in [0.2, 0.25) is 0 Å². The van der Waals surface area contributed by atoms with Gasteiger partial charge < -0.3 is 16.2 Å². The molecule has 0 radical (unpaired) electrons. The molecule has 102 valence electrons. The Morgan fingerprint density at radius 3 is 2.44 bits per heavy atom. The van der Waals surface area contributed by atoms with Crippen LogP contribution in [-0.2, 0) is 0 Å². The van der Waals surface area contributed by atoms with E-state index in [1.165, 1.54) is 11.1 Å². The summed E-state index contributed by atoms with van der Waals surface area (Å²) in [6.45, 7) is 8.33. The molecule has 0 saturated carbocycles. The molecule has 1 aromatic carbocycles. The first kappa shape index (κ1) is 15.0. The molecule has 0 spiro atoms. The maximum absolute atomic E-state index is 5.73. The van der Waals surface area contributed by atoms with Gasteiger partial charge in [-0.2, -0.15) is 0 Å². The van der Waals surface area contributed by atoms with Gasteiger partial charge in [0.2, 0.25) is 0 Å². The summed E-state index contributed by atoms with van der Waals surface area (Å²) in [5.74, 6) is 1.79. The Bertz CT molecular complexity index is 362. The highest BCUT2D eigenvalue weighted by Gasteiger charge is 2.16. The summed E-state index contributed by atoms with van der Waals surface area (Å²) in [6.07, 6.45) is 1.01. The van der Waals surface area contributed by atoms with E-state index in [0.29, 0.717) is 31.5 Å². The summed E-state index contributed by atoms with van der Waals surface area (Å²) < 4.78 is 5.70. The van der Waals surface area contributed by atoms with Crippen molar-refractivity contribution >= 4 is 0 Å². The molecule has 4 N–H and O–H groups in total. The second kappa shape index (κ2) is 7.39. The summed E-state index contributed by atoms with van der Waals surface area (Å²) in [7, 11) is 0. The first-order chi connectivity index (χ1) is 8.62. The Morgan fingerprint density at radius 2 is 1.89 bits per heavy atom. The molecule has 0 bridgehead atoms. The smallest absolute Gasteiger partial charge is 0.122 e. The van der Waals surface area contributed by atoms with Crippen molar-refractivity contribution in [1.82, 2.24) is 0 Å². The van der Waals surface area contributed by atoms with Crippen LogP contribution in [0, 0.1) is 12.8 Å². The second-order valence-corrected chi connectivity index (χ2v) is 4.95. The fourth-order valence-corrected chi connectivity index (χ4v) is 2.26. The standard InChI is InChI=1S/C15H26N2O/c1-4-18-15-6-5-11(2)7-14(15)12(3)8-13(9-16)10-17/h5-7,12-13H,4,8-10,16-17H2,1-3H3. The molecule has 0 aromatic heterocycles. The van der Waals surface area contributed by atoms with Crippen LogP contribution in [0.15, 0.2) is 18.2 Å². The van der Waals surface area contributed by atoms with Crippen molar-refractivity contribution < 1.29 is 4.74 Å². The van der Waals surface area contributed by atoms with Crippen molar-refractivity contribution in [2.45, 2.75) is 33.1 Å². The third-order valence-electron chi connectivity index (χ3n) is 3.35. The lowest BCUT2D eigenvalue weighted by Gasteiger charge is -2.21. The highest BCUT2D eigenvalue weighted by molar-refractivity contribution is 5.39. The van der Waals surface area contributed by atoms with E-state index >= 15 is 0 Å². The molecule has 0 amide bonds. The van der Waals surface area contributed by atoms with Crippen molar-refractivity contribution in [3.63, 3.8) is 0 Å². The lowest BCUT2D eigenvalue weighted by Crippen LogP contribution is -2.24. The molecule has 0 aliphatic heterocycles. The number of hydrogen-bond acceptors (Lipinski definition) is 3. The third kappa shape index (κ3) is 4.00. The average Bonchev–Trinajstić information content (AvgIpc) is 2.38. The summed E-state index contributed by atoms with van der Waals surface area (Å²) in [4.78, 5) is 0. The van der Waals surface area contributed by atoms with Crippen LogP contribution < -0.4 is 16.2 Å². The predicted octanol–water partition coefficient (Wildman–Crippen LogP) is 2.42. The van der Waals surface area contributed by atoms with E-state index in [-0.39, 0.29) is 0 Å². The second-order valence-electron chi connectivity index (χ2n) is 4.95. The normalized spacial score (nSPS) is 12.8. The number of nitrogens with two attached hydrogens (primary N) is 2. The molecule has 0 fully saturated rings. The maximum Gasteiger partial charge on any atom is 0.122 e. The molecule has 0 heterocycles. The molecule has 0 saturated heterocycles. The topological polar surface area (TPSA) is 61.3 Å². The van der Waals surface area contributed by atoms with Gasteiger partial charge in [0.1, 0.15) is 5.75 Å². The molecule has 3 nitrogen and oxygen atoms in total. The van der Waals surface area contributed by atoms with Gasteiger partial charge >= 0.3 is 0 Å². The predicted molar refractivity (Wildman–Crippen MR) is 77.0 cm³/mol. The van der Waals surface area contributed by atoms with Gasteiger partial charge in [-0.05, 0) is 56.8 Å². The molecule has 1 atom stereocenters. The van der Waals surface area contributed by atoms with Crippen molar-refractivity contribution in [3.05, 3.63) is 29.3 Å². The lowest BCUT2D eigenvalue weighted by atomic mass is 9.89. The molecule has 0 aliphatic rings. The van der Waals surface area contributed by atoms with E-state index in [2.05, 4.69) is 32.0 Å². The van der Waals surface area contributed by atoms with Crippen LogP contribution in [0.4, 0.5) is 0 Å². The van der Waals surface area contributed by atoms with Gasteiger partial charge in [-0.3, -0.25) is 0 Å². The van der Waals surface area contributed by atoms with Crippen molar-refractivity contribution in [1.29, 1.82) is 0 Å². The van der Waals surface area contributed by atoms with Crippen LogP contribution in [0.1, 0.15) is 37.3 Å². The van der Waals surface area contributed by atoms with Crippen LogP contribution in [-0.4, -0.2) is 19.7 Å². The van der Waals surface area contributed by atoms with E-state index in [1.54, 1.807) is 0 Å². The average molecular weight is 250 g/mol. The minimum atomic E-state index is 0.384. The van der Waals surface area contributed by atoms with Gasteiger partial charge in [0.05, 0.1) is 6.61 Å². The third-order valence-corrected chi connectivity index (χ3v) is 3.35. The Kier molecular flexibility index (Phi) is 6.16. The minimum absolute atomic E-state index is 0.384. The number of rotatable bonds is 7. The molecule has 1 unspecified atom stereocenters. The zero-order valence-electron chi connectivity index (χ0n) is 11.8. The first-order valence-electron chi connectivity index (χ1n) is 6.75. The maximum atomic E-state index is 5.73. The molecule has 1 rings (SSSR count). The summed E-state index contributed by atoms with van der Waals surface area (Å²) in [5, 5.41) is 0. The number of hydrogen-bond donors (Lipinski definition) is 2. The molecule has 18 heavy (non-hydrogen) atoms. The quantitative estimate of drug-likeness (QED) is 0.781. The summed E-state index contributed by atoms with van der Waals surface area (Å²) in [5.41, 5.74) is 14.0. The zero-order chi connectivity index (χ0) is 13.5. The van der Waals surface area contributed by atoms with E-state index < -0.39 is 0 Å². The molecular weight excluding hydrogens is 224 g/mol. The molecule has 0 aliphatic carbocycles. The molecule has 3 heteroatoms. The lowest BCUT2D eigenvalue weighted by molar-refractivity contribution is 0.331. The van der Waals surface area contributed by atoms with E-state index in [4.69, 9.17) is 16.2 Å².